The average molecular weight is 434 g/mol. The van der Waals surface area contributed by atoms with Gasteiger partial charge in [-0.15, -0.1) is 0 Å². The van der Waals surface area contributed by atoms with Gasteiger partial charge < -0.3 is 24.1 Å². The van der Waals surface area contributed by atoms with Crippen LogP contribution in [0.1, 0.15) is 57.8 Å². The van der Waals surface area contributed by atoms with E-state index in [1.165, 1.54) is 20.3 Å². The summed E-state index contributed by atoms with van der Waals surface area (Å²) in [7, 11) is 1.26. The number of carbonyl (C=O) groups excluding carboxylic acids is 3. The number of esters is 2. The minimum absolute atomic E-state index is 0.174. The van der Waals surface area contributed by atoms with E-state index < -0.39 is 58.3 Å². The zero-order valence-corrected chi connectivity index (χ0v) is 18.5. The summed E-state index contributed by atoms with van der Waals surface area (Å²) >= 11 is 0. The van der Waals surface area contributed by atoms with Crippen molar-refractivity contribution in [1.29, 1.82) is 0 Å². The van der Waals surface area contributed by atoms with Gasteiger partial charge in [0.25, 0.3) is 0 Å². The molecule has 4 rings (SSSR count). The van der Waals surface area contributed by atoms with Crippen LogP contribution in [0.15, 0.2) is 16.7 Å². The third-order valence-corrected chi connectivity index (χ3v) is 8.36. The Morgan fingerprint density at radius 2 is 1.94 bits per heavy atom. The van der Waals surface area contributed by atoms with Gasteiger partial charge in [-0.25, -0.2) is 0 Å². The van der Waals surface area contributed by atoms with Crippen molar-refractivity contribution in [2.45, 2.75) is 70.7 Å². The molecular formula is C23H30O8. The number of carbonyl (C=O) groups is 3. The molecule has 2 N–H and O–H groups in total. The first-order valence-electron chi connectivity index (χ1n) is 10.7. The molecule has 0 spiro atoms. The Hall–Kier alpha value is -2.19. The van der Waals surface area contributed by atoms with Crippen LogP contribution in [0.3, 0.4) is 0 Å². The van der Waals surface area contributed by atoms with Crippen molar-refractivity contribution in [3.8, 4) is 0 Å². The maximum absolute atomic E-state index is 13.5. The number of furan rings is 1. The van der Waals surface area contributed by atoms with Crippen molar-refractivity contribution < 1.29 is 38.5 Å². The van der Waals surface area contributed by atoms with Gasteiger partial charge in [-0.1, -0.05) is 13.8 Å². The van der Waals surface area contributed by atoms with Crippen LogP contribution in [0.4, 0.5) is 0 Å². The van der Waals surface area contributed by atoms with E-state index in [0.29, 0.717) is 17.7 Å². The molecule has 0 radical (unpaired) electrons. The molecule has 2 fully saturated rings. The molecule has 2 saturated carbocycles. The predicted molar refractivity (Wildman–Crippen MR) is 107 cm³/mol. The van der Waals surface area contributed by atoms with Gasteiger partial charge in [0.05, 0.1) is 30.8 Å². The van der Waals surface area contributed by atoms with Gasteiger partial charge in [-0.05, 0) is 30.7 Å². The van der Waals surface area contributed by atoms with Crippen molar-refractivity contribution in [2.75, 3.05) is 7.11 Å². The van der Waals surface area contributed by atoms with Crippen LogP contribution >= 0.6 is 0 Å². The SMILES string of the molecule is COC(=O)[C@@H]1c2ccoc2C[C@H]2[C@H]1[C@@H](O)[C@@H](OC(C)=O)[C@@]1(O)C(C)(C)CCC(=O)[C@]21C. The van der Waals surface area contributed by atoms with Crippen molar-refractivity contribution in [1.82, 2.24) is 0 Å². The second-order valence-corrected chi connectivity index (χ2v) is 9.98. The lowest BCUT2D eigenvalue weighted by atomic mass is 9.39. The Morgan fingerprint density at radius 1 is 1.26 bits per heavy atom. The summed E-state index contributed by atoms with van der Waals surface area (Å²) < 4.78 is 16.2. The minimum atomic E-state index is -1.84. The monoisotopic (exact) mass is 434 g/mol. The molecule has 0 aliphatic heterocycles. The molecule has 8 heteroatoms. The highest BCUT2D eigenvalue weighted by Gasteiger charge is 2.76. The molecule has 1 aromatic heterocycles. The van der Waals surface area contributed by atoms with Gasteiger partial charge in [0.2, 0.25) is 0 Å². The third kappa shape index (κ3) is 2.64. The molecule has 0 aromatic carbocycles. The van der Waals surface area contributed by atoms with E-state index in [0.717, 1.165) is 0 Å². The van der Waals surface area contributed by atoms with E-state index in [9.17, 15) is 24.6 Å². The summed E-state index contributed by atoms with van der Waals surface area (Å²) in [5, 5.41) is 23.8. The third-order valence-electron chi connectivity index (χ3n) is 8.36. The Kier molecular flexibility index (Phi) is 4.90. The van der Waals surface area contributed by atoms with Crippen LogP contribution in [0.2, 0.25) is 0 Å². The van der Waals surface area contributed by atoms with Crippen molar-refractivity contribution in [3.63, 3.8) is 0 Å². The molecule has 0 unspecified atom stereocenters. The average Bonchev–Trinajstić information content (AvgIpc) is 3.18. The number of ketones is 1. The Bertz CT molecular complexity index is 932. The lowest BCUT2D eigenvalue weighted by Crippen LogP contribution is -2.79. The summed E-state index contributed by atoms with van der Waals surface area (Å²) in [6.45, 7) is 6.52. The molecule has 3 aliphatic rings. The van der Waals surface area contributed by atoms with Crippen molar-refractivity contribution in [2.24, 2.45) is 22.7 Å². The second-order valence-electron chi connectivity index (χ2n) is 9.98. The maximum Gasteiger partial charge on any atom is 0.313 e. The van der Waals surface area contributed by atoms with E-state index in [-0.39, 0.29) is 18.6 Å². The molecule has 170 valence electrons. The van der Waals surface area contributed by atoms with Crippen LogP contribution in [0.5, 0.6) is 0 Å². The van der Waals surface area contributed by atoms with Crippen LogP contribution < -0.4 is 0 Å². The predicted octanol–water partition coefficient (Wildman–Crippen LogP) is 1.76. The molecule has 8 nitrogen and oxygen atoms in total. The number of fused-ring (bicyclic) bond motifs is 4. The first kappa shape index (κ1) is 22.0. The largest absolute Gasteiger partial charge is 0.469 e. The molecule has 3 aliphatic carbocycles. The zero-order valence-electron chi connectivity index (χ0n) is 18.5. The fourth-order valence-corrected chi connectivity index (χ4v) is 6.75. The van der Waals surface area contributed by atoms with Gasteiger partial charge in [-0.2, -0.15) is 0 Å². The smallest absolute Gasteiger partial charge is 0.313 e. The van der Waals surface area contributed by atoms with Crippen molar-refractivity contribution >= 4 is 17.7 Å². The normalized spacial score (nSPS) is 40.9. The number of hydrogen-bond donors (Lipinski definition) is 2. The van der Waals surface area contributed by atoms with E-state index in [1.807, 2.05) is 13.8 Å². The number of aliphatic hydroxyl groups is 2. The standard InChI is InChI=1S/C23H30O8/c1-11(24)31-19-18(26)17-13(10-14-12(7-9-30-14)16(17)20(27)29-5)22(4)15(25)6-8-21(2,3)23(19,22)28/h7,9,13,16-19,26,28H,6,8,10H2,1-5H3/t13-,16+,17+,18+,19+,22-,23+/m0/s1. The summed E-state index contributed by atoms with van der Waals surface area (Å²) in [5.41, 5.74) is -3.47. The summed E-state index contributed by atoms with van der Waals surface area (Å²) in [4.78, 5) is 38.4. The Balaban J connectivity index is 1.99. The molecule has 0 bridgehead atoms. The first-order chi connectivity index (χ1) is 14.4. The molecular weight excluding hydrogens is 404 g/mol. The maximum atomic E-state index is 13.5. The van der Waals surface area contributed by atoms with Crippen molar-refractivity contribution in [3.05, 3.63) is 23.7 Å². The Morgan fingerprint density at radius 3 is 2.55 bits per heavy atom. The zero-order chi connectivity index (χ0) is 22.9. The van der Waals surface area contributed by atoms with Crippen LogP contribution in [0, 0.1) is 22.7 Å². The fourth-order valence-electron chi connectivity index (χ4n) is 6.75. The number of Topliss-reactive ketones (excluding diaryl/α,β-unsaturated/α-hetero) is 1. The highest BCUT2D eigenvalue weighted by molar-refractivity contribution is 5.89. The van der Waals surface area contributed by atoms with E-state index in [1.54, 1.807) is 13.0 Å². The summed E-state index contributed by atoms with van der Waals surface area (Å²) in [6, 6.07) is 1.66. The number of ether oxygens (including phenoxy) is 2. The molecule has 1 aromatic rings. The number of methoxy groups -OCH3 is 1. The Labute approximate surface area is 180 Å². The second kappa shape index (κ2) is 6.90. The van der Waals surface area contributed by atoms with E-state index in [2.05, 4.69) is 0 Å². The van der Waals surface area contributed by atoms with E-state index in [4.69, 9.17) is 13.9 Å². The summed E-state index contributed by atoms with van der Waals surface area (Å²) in [5.74, 6) is -3.22. The lowest BCUT2D eigenvalue weighted by molar-refractivity contribution is -0.301. The number of aliphatic hydroxyl groups excluding tert-OH is 1. The number of hydrogen-bond acceptors (Lipinski definition) is 8. The van der Waals surface area contributed by atoms with E-state index >= 15 is 0 Å². The molecule has 31 heavy (non-hydrogen) atoms. The van der Waals surface area contributed by atoms with Crippen LogP contribution in [-0.2, 0) is 30.3 Å². The molecule has 0 amide bonds. The van der Waals surface area contributed by atoms with Gasteiger partial charge >= 0.3 is 11.9 Å². The quantitative estimate of drug-likeness (QED) is 0.675. The van der Waals surface area contributed by atoms with Crippen LogP contribution in [-0.4, -0.2) is 52.9 Å². The van der Waals surface area contributed by atoms with Gasteiger partial charge in [0.15, 0.2) is 6.10 Å². The van der Waals surface area contributed by atoms with Gasteiger partial charge in [-0.3, -0.25) is 14.4 Å². The topological polar surface area (TPSA) is 123 Å². The summed E-state index contributed by atoms with van der Waals surface area (Å²) in [6.07, 6.45) is -0.404. The lowest BCUT2D eigenvalue weighted by Gasteiger charge is -2.67. The minimum Gasteiger partial charge on any atom is -0.469 e. The first-order valence-corrected chi connectivity index (χ1v) is 10.7. The highest BCUT2D eigenvalue weighted by Crippen LogP contribution is 2.66. The van der Waals surface area contributed by atoms with Gasteiger partial charge in [0, 0.05) is 31.2 Å². The molecule has 0 saturated heterocycles. The molecule has 7 atom stereocenters. The van der Waals surface area contributed by atoms with Gasteiger partial charge in [0.1, 0.15) is 17.1 Å². The van der Waals surface area contributed by atoms with Crippen LogP contribution in [0.25, 0.3) is 0 Å². The molecule has 1 heterocycles. The fraction of sp³-hybridized carbons (Fsp3) is 0.696. The highest BCUT2D eigenvalue weighted by atomic mass is 16.6. The number of rotatable bonds is 2.